The molecule has 0 saturated carbocycles. The molecule has 4 heterocycles. The van der Waals surface area contributed by atoms with Gasteiger partial charge in [-0.1, -0.05) is 0 Å². The summed E-state index contributed by atoms with van der Waals surface area (Å²) in [7, 11) is 0. The number of anilines is 2. The highest BCUT2D eigenvalue weighted by Crippen LogP contribution is 2.35. The predicted octanol–water partition coefficient (Wildman–Crippen LogP) is 4.30. The van der Waals surface area contributed by atoms with Crippen LogP contribution in [0.2, 0.25) is 0 Å². The van der Waals surface area contributed by atoms with Gasteiger partial charge < -0.3 is 14.6 Å². The maximum atomic E-state index is 13.1. The summed E-state index contributed by atoms with van der Waals surface area (Å²) in [6.07, 6.45) is -0.568. The first-order chi connectivity index (χ1) is 15.7. The summed E-state index contributed by atoms with van der Waals surface area (Å²) in [5, 5.41) is 3.22. The molecule has 1 fully saturated rings. The van der Waals surface area contributed by atoms with E-state index in [1.807, 2.05) is 18.4 Å². The molecule has 2 aromatic heterocycles. The van der Waals surface area contributed by atoms with Crippen molar-refractivity contribution >= 4 is 17.9 Å². The molecule has 1 N–H and O–H groups in total. The fraction of sp³-hybridized carbons (Fsp3) is 0.364. The van der Waals surface area contributed by atoms with Crippen LogP contribution in [0.4, 0.5) is 29.7 Å². The highest BCUT2D eigenvalue weighted by Gasteiger charge is 2.33. The Morgan fingerprint density at radius 2 is 2.03 bits per heavy atom. The molecule has 3 aromatic rings. The lowest BCUT2D eigenvalue weighted by atomic mass is 9.97. The number of aryl methyl sites for hydroxylation is 1. The first-order valence-corrected chi connectivity index (χ1v) is 10.5. The van der Waals surface area contributed by atoms with Gasteiger partial charge in [-0.15, -0.1) is 0 Å². The average Bonchev–Trinajstić information content (AvgIpc) is 3.36. The minimum Gasteiger partial charge on any atom is -0.447 e. The molecule has 0 bridgehead atoms. The van der Waals surface area contributed by atoms with E-state index in [0.29, 0.717) is 42.5 Å². The highest BCUT2D eigenvalue weighted by atomic mass is 19.4. The van der Waals surface area contributed by atoms with E-state index in [9.17, 15) is 18.0 Å². The normalized spacial score (nSPS) is 18.5. The van der Waals surface area contributed by atoms with E-state index in [4.69, 9.17) is 4.74 Å². The van der Waals surface area contributed by atoms with Gasteiger partial charge in [-0.2, -0.15) is 18.2 Å². The Kier molecular flexibility index (Phi) is 4.98. The first kappa shape index (κ1) is 21.2. The topological polar surface area (TPSA) is 85.2 Å². The average molecular weight is 458 g/mol. The lowest BCUT2D eigenvalue weighted by Crippen LogP contribution is -2.32. The monoisotopic (exact) mass is 458 g/mol. The molecule has 2 aliphatic rings. The van der Waals surface area contributed by atoms with Gasteiger partial charge in [0.15, 0.2) is 0 Å². The number of carbonyl (C=O) groups is 1. The van der Waals surface area contributed by atoms with Crippen molar-refractivity contribution in [2.75, 3.05) is 16.8 Å². The summed E-state index contributed by atoms with van der Waals surface area (Å²) in [6, 6.07) is 5.05. The van der Waals surface area contributed by atoms with E-state index < -0.39 is 17.8 Å². The SMILES string of the molecule is C[C@H](Nc1nccc(N2C(=O)OC[C@@H]2C)n1)c1ncn2c1CCc1cc(C(F)(F)F)ccc1-2. The van der Waals surface area contributed by atoms with Gasteiger partial charge in [-0.05, 0) is 56.5 Å². The van der Waals surface area contributed by atoms with Crippen molar-refractivity contribution in [1.29, 1.82) is 0 Å². The van der Waals surface area contributed by atoms with Gasteiger partial charge in [0.25, 0.3) is 0 Å². The van der Waals surface area contributed by atoms with Crippen LogP contribution < -0.4 is 10.2 Å². The molecule has 0 unspecified atom stereocenters. The third-order valence-electron chi connectivity index (χ3n) is 5.93. The number of nitrogens with one attached hydrogen (secondary N) is 1. The predicted molar refractivity (Wildman–Crippen MR) is 113 cm³/mol. The van der Waals surface area contributed by atoms with Crippen molar-refractivity contribution in [3.05, 3.63) is 59.3 Å². The Balaban J connectivity index is 1.39. The molecule has 8 nitrogen and oxygen atoms in total. The summed E-state index contributed by atoms with van der Waals surface area (Å²) in [5.41, 5.74) is 2.39. The molecule has 1 aromatic carbocycles. The summed E-state index contributed by atoms with van der Waals surface area (Å²) in [4.78, 5) is 26.7. The minimum absolute atomic E-state index is 0.129. The molecule has 5 rings (SSSR count). The molecule has 0 radical (unpaired) electrons. The molecule has 1 amide bonds. The number of hydrogen-bond acceptors (Lipinski definition) is 6. The van der Waals surface area contributed by atoms with Gasteiger partial charge in [0.2, 0.25) is 5.95 Å². The van der Waals surface area contributed by atoms with Crippen molar-refractivity contribution in [1.82, 2.24) is 19.5 Å². The van der Waals surface area contributed by atoms with Gasteiger partial charge in [0, 0.05) is 17.6 Å². The number of amides is 1. The number of nitrogens with zero attached hydrogens (tertiary/aromatic N) is 5. The minimum atomic E-state index is -4.37. The number of aromatic nitrogens is 4. The molecule has 1 saturated heterocycles. The number of benzene rings is 1. The van der Waals surface area contributed by atoms with Gasteiger partial charge in [-0.3, -0.25) is 4.90 Å². The third kappa shape index (κ3) is 3.77. The van der Waals surface area contributed by atoms with Crippen LogP contribution in [0.1, 0.15) is 42.4 Å². The van der Waals surface area contributed by atoms with Crippen molar-refractivity contribution in [2.24, 2.45) is 0 Å². The van der Waals surface area contributed by atoms with E-state index >= 15 is 0 Å². The first-order valence-electron chi connectivity index (χ1n) is 10.5. The number of imidazole rings is 1. The largest absolute Gasteiger partial charge is 0.447 e. The van der Waals surface area contributed by atoms with E-state index in [0.717, 1.165) is 17.5 Å². The molecular weight excluding hydrogens is 437 g/mol. The second-order valence-corrected chi connectivity index (χ2v) is 8.19. The van der Waals surface area contributed by atoms with Crippen molar-refractivity contribution in [2.45, 2.75) is 44.9 Å². The molecule has 0 aliphatic carbocycles. The van der Waals surface area contributed by atoms with E-state index in [1.54, 1.807) is 18.6 Å². The lowest BCUT2D eigenvalue weighted by Gasteiger charge is -2.23. The molecule has 2 aliphatic heterocycles. The van der Waals surface area contributed by atoms with E-state index in [1.165, 1.54) is 17.0 Å². The molecule has 0 spiro atoms. The van der Waals surface area contributed by atoms with Crippen LogP contribution in [0.15, 0.2) is 36.8 Å². The van der Waals surface area contributed by atoms with Crippen LogP contribution in [-0.2, 0) is 23.8 Å². The third-order valence-corrected chi connectivity index (χ3v) is 5.93. The summed E-state index contributed by atoms with van der Waals surface area (Å²) >= 11 is 0. The zero-order valence-corrected chi connectivity index (χ0v) is 17.9. The summed E-state index contributed by atoms with van der Waals surface area (Å²) in [5.74, 6) is 0.774. The maximum absolute atomic E-state index is 13.1. The Morgan fingerprint density at radius 3 is 2.76 bits per heavy atom. The Bertz CT molecular complexity index is 1230. The van der Waals surface area contributed by atoms with Gasteiger partial charge >= 0.3 is 12.3 Å². The zero-order chi connectivity index (χ0) is 23.3. The number of fused-ring (bicyclic) bond motifs is 3. The number of ether oxygens (including phenoxy) is 1. The lowest BCUT2D eigenvalue weighted by molar-refractivity contribution is -0.137. The van der Waals surface area contributed by atoms with Crippen LogP contribution >= 0.6 is 0 Å². The number of cyclic esters (lactones) is 1. The van der Waals surface area contributed by atoms with Crippen molar-refractivity contribution < 1.29 is 22.7 Å². The van der Waals surface area contributed by atoms with Gasteiger partial charge in [0.1, 0.15) is 12.4 Å². The van der Waals surface area contributed by atoms with Crippen LogP contribution in [0.5, 0.6) is 0 Å². The number of hydrogen-bond donors (Lipinski definition) is 1. The van der Waals surface area contributed by atoms with Gasteiger partial charge in [0.05, 0.1) is 29.7 Å². The fourth-order valence-electron chi connectivity index (χ4n) is 4.31. The van der Waals surface area contributed by atoms with Crippen LogP contribution in [0, 0.1) is 0 Å². The quantitative estimate of drug-likeness (QED) is 0.628. The Labute approximate surface area is 187 Å². The molecule has 33 heavy (non-hydrogen) atoms. The second kappa shape index (κ2) is 7.75. The summed E-state index contributed by atoms with van der Waals surface area (Å²) in [6.45, 7) is 4.08. The maximum Gasteiger partial charge on any atom is 0.416 e. The zero-order valence-electron chi connectivity index (χ0n) is 17.9. The van der Waals surface area contributed by atoms with E-state index in [2.05, 4.69) is 20.3 Å². The van der Waals surface area contributed by atoms with Crippen molar-refractivity contribution in [3.8, 4) is 5.69 Å². The van der Waals surface area contributed by atoms with Crippen LogP contribution in [0.25, 0.3) is 5.69 Å². The van der Waals surface area contributed by atoms with Crippen LogP contribution in [0.3, 0.4) is 0 Å². The highest BCUT2D eigenvalue weighted by molar-refractivity contribution is 5.89. The van der Waals surface area contributed by atoms with Gasteiger partial charge in [-0.25, -0.2) is 14.8 Å². The number of carbonyl (C=O) groups excluding carboxylic acids is 1. The molecular formula is C22H21F3N6O2. The van der Waals surface area contributed by atoms with Crippen molar-refractivity contribution in [3.63, 3.8) is 0 Å². The van der Waals surface area contributed by atoms with Crippen LogP contribution in [-0.4, -0.2) is 38.3 Å². The van der Waals surface area contributed by atoms with E-state index in [-0.39, 0.29) is 12.1 Å². The fourth-order valence-corrected chi connectivity index (χ4v) is 4.31. The molecule has 2 atom stereocenters. The number of alkyl halides is 3. The Hall–Kier alpha value is -3.63. The molecule has 172 valence electrons. The standard InChI is InChI=1S/C22H21F3N6O2/c1-12-10-33-21(32)31(12)18-7-8-26-20(29-18)28-13(2)19-17-5-3-14-9-15(22(23,24)25)4-6-16(14)30(17)11-27-19/h4,6-9,11-13H,3,5,10H2,1-2H3,(H,26,28,29)/t12-,13-/m0/s1. The smallest absolute Gasteiger partial charge is 0.416 e. The second-order valence-electron chi connectivity index (χ2n) is 8.19. The number of halogens is 3. The summed E-state index contributed by atoms with van der Waals surface area (Å²) < 4.78 is 46.1. The Morgan fingerprint density at radius 1 is 1.21 bits per heavy atom. The number of rotatable bonds is 4. The molecule has 11 heteroatoms.